The maximum Gasteiger partial charge on any atom is 0.240 e. The van der Waals surface area contributed by atoms with Gasteiger partial charge in [-0.1, -0.05) is 6.07 Å². The van der Waals surface area contributed by atoms with Crippen LogP contribution in [0, 0.1) is 0 Å². The summed E-state index contributed by atoms with van der Waals surface area (Å²) in [4.78, 5) is 0.419. The van der Waals surface area contributed by atoms with E-state index in [1.807, 2.05) is 12.1 Å². The fourth-order valence-corrected chi connectivity index (χ4v) is 4.43. The van der Waals surface area contributed by atoms with Crippen LogP contribution in [0.3, 0.4) is 0 Å². The number of nitrogens with one attached hydrogen (secondary N) is 2. The number of hydrogen-bond acceptors (Lipinski definition) is 3. The average molecular weight is 308 g/mol. The molecule has 1 aromatic carbocycles. The summed E-state index contributed by atoms with van der Waals surface area (Å²) in [6, 6.07) is 6.07. The molecule has 1 aliphatic heterocycles. The first-order valence-corrected chi connectivity index (χ1v) is 9.48. The number of sulfonamides is 1. The molecule has 0 saturated carbocycles. The third kappa shape index (κ3) is 3.65. The lowest BCUT2D eigenvalue weighted by Crippen LogP contribution is -2.30. The van der Waals surface area contributed by atoms with Gasteiger partial charge in [-0.3, -0.25) is 0 Å². The predicted octanol–water partition coefficient (Wildman–Crippen LogP) is 1.99. The van der Waals surface area contributed by atoms with Crippen LogP contribution in [0.1, 0.15) is 43.2 Å². The minimum Gasteiger partial charge on any atom is -0.314 e. The Kier molecular flexibility index (Phi) is 4.62. The van der Waals surface area contributed by atoms with Crippen molar-refractivity contribution in [2.24, 2.45) is 0 Å². The minimum atomic E-state index is -3.36. The average Bonchev–Trinajstić information content (AvgIpc) is 3.00. The number of aryl methyl sites for hydroxylation is 2. The van der Waals surface area contributed by atoms with Gasteiger partial charge in [0.1, 0.15) is 0 Å². The van der Waals surface area contributed by atoms with Gasteiger partial charge < -0.3 is 5.32 Å². The third-order valence-corrected chi connectivity index (χ3v) is 6.04. The van der Waals surface area contributed by atoms with E-state index in [2.05, 4.69) is 10.0 Å². The molecule has 2 aliphatic rings. The van der Waals surface area contributed by atoms with Gasteiger partial charge in [-0.25, -0.2) is 13.1 Å². The Morgan fingerprint density at radius 1 is 1.14 bits per heavy atom. The Bertz CT molecular complexity index is 592. The van der Waals surface area contributed by atoms with E-state index in [1.54, 1.807) is 6.07 Å². The highest BCUT2D eigenvalue weighted by Crippen LogP contribution is 2.24. The van der Waals surface area contributed by atoms with Crippen molar-refractivity contribution in [1.82, 2.24) is 10.0 Å². The van der Waals surface area contributed by atoms with E-state index in [0.717, 1.165) is 38.6 Å². The van der Waals surface area contributed by atoms with Crippen molar-refractivity contribution in [2.45, 2.75) is 55.9 Å². The molecule has 0 amide bonds. The Balaban J connectivity index is 1.63. The molecule has 4 nitrogen and oxygen atoms in total. The maximum absolute atomic E-state index is 12.4. The van der Waals surface area contributed by atoms with Gasteiger partial charge in [-0.2, -0.15) is 0 Å². The van der Waals surface area contributed by atoms with Crippen LogP contribution >= 0.6 is 0 Å². The molecule has 1 saturated heterocycles. The molecular formula is C16H24N2O2S. The quantitative estimate of drug-likeness (QED) is 0.874. The van der Waals surface area contributed by atoms with E-state index in [-0.39, 0.29) is 0 Å². The molecule has 0 radical (unpaired) electrons. The fourth-order valence-electron chi connectivity index (χ4n) is 3.33. The van der Waals surface area contributed by atoms with E-state index in [9.17, 15) is 8.42 Å². The largest absolute Gasteiger partial charge is 0.314 e. The van der Waals surface area contributed by atoms with Gasteiger partial charge in [0, 0.05) is 12.6 Å². The zero-order valence-corrected chi connectivity index (χ0v) is 13.2. The van der Waals surface area contributed by atoms with Crippen LogP contribution in [0.5, 0.6) is 0 Å². The standard InChI is InChI=1S/C16H24N2O2S/c19-21(20,18-11-9-15-6-3-10-17-15)16-8-7-13-4-1-2-5-14(13)12-16/h7-8,12,15,17-18H,1-6,9-11H2/t15-/m0/s1. The summed E-state index contributed by atoms with van der Waals surface area (Å²) in [6.45, 7) is 1.57. The van der Waals surface area contributed by atoms with Crippen molar-refractivity contribution in [1.29, 1.82) is 0 Å². The van der Waals surface area contributed by atoms with Gasteiger partial charge in [0.25, 0.3) is 0 Å². The molecule has 5 heteroatoms. The smallest absolute Gasteiger partial charge is 0.240 e. The normalized spacial score (nSPS) is 22.2. The molecular weight excluding hydrogens is 284 g/mol. The van der Waals surface area contributed by atoms with Crippen molar-refractivity contribution in [3.05, 3.63) is 29.3 Å². The monoisotopic (exact) mass is 308 g/mol. The van der Waals surface area contributed by atoms with Crippen LogP contribution in [0.2, 0.25) is 0 Å². The fraction of sp³-hybridized carbons (Fsp3) is 0.625. The second kappa shape index (κ2) is 6.46. The molecule has 0 bridgehead atoms. The minimum absolute atomic E-state index is 0.419. The summed E-state index contributed by atoms with van der Waals surface area (Å²) in [5, 5.41) is 3.39. The van der Waals surface area contributed by atoms with Gasteiger partial charge in [0.15, 0.2) is 0 Å². The first-order chi connectivity index (χ1) is 10.1. The first-order valence-electron chi connectivity index (χ1n) is 8.00. The van der Waals surface area contributed by atoms with Crippen LogP contribution < -0.4 is 10.0 Å². The highest BCUT2D eigenvalue weighted by atomic mass is 32.2. The molecule has 0 aromatic heterocycles. The van der Waals surface area contributed by atoms with Crippen molar-refractivity contribution in [2.75, 3.05) is 13.1 Å². The Morgan fingerprint density at radius 3 is 2.71 bits per heavy atom. The molecule has 0 unspecified atom stereocenters. The van der Waals surface area contributed by atoms with E-state index in [4.69, 9.17) is 0 Å². The molecule has 1 aromatic rings. The van der Waals surface area contributed by atoms with Crippen molar-refractivity contribution >= 4 is 10.0 Å². The summed E-state index contributed by atoms with van der Waals surface area (Å²) in [7, 11) is -3.36. The summed E-state index contributed by atoms with van der Waals surface area (Å²) in [5.74, 6) is 0. The summed E-state index contributed by atoms with van der Waals surface area (Å²) in [5.41, 5.74) is 2.52. The third-order valence-electron chi connectivity index (χ3n) is 4.58. The Morgan fingerprint density at radius 2 is 1.95 bits per heavy atom. The van der Waals surface area contributed by atoms with Crippen molar-refractivity contribution in [3.63, 3.8) is 0 Å². The van der Waals surface area contributed by atoms with Crippen LogP contribution in [0.15, 0.2) is 23.1 Å². The molecule has 1 atom stereocenters. The van der Waals surface area contributed by atoms with E-state index in [1.165, 1.54) is 24.0 Å². The van der Waals surface area contributed by atoms with Crippen LogP contribution in [-0.2, 0) is 22.9 Å². The van der Waals surface area contributed by atoms with Gasteiger partial charge in [-0.15, -0.1) is 0 Å². The predicted molar refractivity (Wildman–Crippen MR) is 83.9 cm³/mol. The molecule has 116 valence electrons. The molecule has 1 aliphatic carbocycles. The second-order valence-corrected chi connectivity index (χ2v) is 7.88. The maximum atomic E-state index is 12.4. The van der Waals surface area contributed by atoms with E-state index in [0.29, 0.717) is 17.5 Å². The summed E-state index contributed by atoms with van der Waals surface area (Å²) < 4.78 is 27.5. The Hall–Kier alpha value is -0.910. The van der Waals surface area contributed by atoms with Crippen LogP contribution in [0.4, 0.5) is 0 Å². The molecule has 3 rings (SSSR count). The van der Waals surface area contributed by atoms with Gasteiger partial charge in [0.2, 0.25) is 10.0 Å². The molecule has 0 spiro atoms. The summed E-state index contributed by atoms with van der Waals surface area (Å²) in [6.07, 6.45) is 7.68. The number of rotatable bonds is 5. The molecule has 1 fully saturated rings. The van der Waals surface area contributed by atoms with E-state index >= 15 is 0 Å². The second-order valence-electron chi connectivity index (χ2n) is 6.12. The van der Waals surface area contributed by atoms with Gasteiger partial charge >= 0.3 is 0 Å². The van der Waals surface area contributed by atoms with Crippen LogP contribution in [0.25, 0.3) is 0 Å². The molecule has 1 heterocycles. The molecule has 2 N–H and O–H groups in total. The number of fused-ring (bicyclic) bond motifs is 1. The zero-order valence-electron chi connectivity index (χ0n) is 12.4. The van der Waals surface area contributed by atoms with E-state index < -0.39 is 10.0 Å². The lowest BCUT2D eigenvalue weighted by molar-refractivity contribution is 0.539. The van der Waals surface area contributed by atoms with Crippen molar-refractivity contribution in [3.8, 4) is 0 Å². The molecule has 21 heavy (non-hydrogen) atoms. The van der Waals surface area contributed by atoms with Crippen LogP contribution in [-0.4, -0.2) is 27.5 Å². The number of hydrogen-bond donors (Lipinski definition) is 2. The highest BCUT2D eigenvalue weighted by molar-refractivity contribution is 7.89. The lowest BCUT2D eigenvalue weighted by Gasteiger charge is -2.17. The topological polar surface area (TPSA) is 58.2 Å². The zero-order chi connectivity index (χ0) is 14.7. The summed E-state index contributed by atoms with van der Waals surface area (Å²) >= 11 is 0. The Labute approximate surface area is 127 Å². The number of benzene rings is 1. The SMILES string of the molecule is O=S(=O)(NCC[C@@H]1CCCN1)c1ccc2c(c1)CCCC2. The lowest BCUT2D eigenvalue weighted by atomic mass is 9.92. The highest BCUT2D eigenvalue weighted by Gasteiger charge is 2.19. The van der Waals surface area contributed by atoms with Crippen molar-refractivity contribution < 1.29 is 8.42 Å². The first kappa shape index (κ1) is 15.0. The van der Waals surface area contributed by atoms with Gasteiger partial charge in [0.05, 0.1) is 4.90 Å². The van der Waals surface area contributed by atoms with Gasteiger partial charge in [-0.05, 0) is 74.8 Å².